The molecule has 1 aliphatic rings. The average Bonchev–Trinajstić information content (AvgIpc) is 2.65. The van der Waals surface area contributed by atoms with Gasteiger partial charge in [-0.25, -0.2) is 0 Å². The van der Waals surface area contributed by atoms with Gasteiger partial charge in [-0.05, 0) is 43.5 Å². The highest BCUT2D eigenvalue weighted by Gasteiger charge is 2.19. The molecule has 1 aromatic rings. The van der Waals surface area contributed by atoms with Gasteiger partial charge in [-0.1, -0.05) is 25.5 Å². The van der Waals surface area contributed by atoms with Crippen molar-refractivity contribution in [3.8, 4) is 6.07 Å². The normalized spacial score (nSPS) is 18.1. The molecule has 2 rings (SSSR count). The third kappa shape index (κ3) is 7.20. The van der Waals surface area contributed by atoms with Gasteiger partial charge in [0.1, 0.15) is 0 Å². The lowest BCUT2D eigenvalue weighted by Gasteiger charge is -2.35. The number of rotatable bonds is 6. The molecule has 1 unspecified atom stereocenters. The van der Waals surface area contributed by atoms with E-state index in [0.717, 1.165) is 30.7 Å². The van der Waals surface area contributed by atoms with Crippen molar-refractivity contribution < 1.29 is 0 Å². The first-order valence-electron chi connectivity index (χ1n) is 8.94. The fraction of sp³-hybridized carbons (Fsp3) is 0.579. The first kappa shape index (κ1) is 21.7. The van der Waals surface area contributed by atoms with Gasteiger partial charge in [-0.2, -0.15) is 5.26 Å². The van der Waals surface area contributed by atoms with Crippen LogP contribution in [0.25, 0.3) is 0 Å². The van der Waals surface area contributed by atoms with Crippen LogP contribution in [0.15, 0.2) is 29.3 Å². The van der Waals surface area contributed by atoms with Crippen LogP contribution in [0.5, 0.6) is 0 Å². The van der Waals surface area contributed by atoms with E-state index in [9.17, 15) is 0 Å². The number of guanidine groups is 1. The minimum Gasteiger partial charge on any atom is -0.355 e. The molecule has 0 aromatic heterocycles. The molecule has 1 saturated heterocycles. The minimum absolute atomic E-state index is 0. The molecule has 2 N–H and O–H groups in total. The van der Waals surface area contributed by atoms with Gasteiger partial charge in [0.05, 0.1) is 11.6 Å². The highest BCUT2D eigenvalue weighted by molar-refractivity contribution is 14.0. The number of piperidine rings is 1. The Bertz CT molecular complexity index is 581. The van der Waals surface area contributed by atoms with Crippen LogP contribution in [0.3, 0.4) is 0 Å². The first-order chi connectivity index (χ1) is 11.8. The van der Waals surface area contributed by atoms with Crippen LogP contribution in [0.4, 0.5) is 0 Å². The fourth-order valence-electron chi connectivity index (χ4n) is 3.29. The topological polar surface area (TPSA) is 63.4 Å². The van der Waals surface area contributed by atoms with Gasteiger partial charge in [0.25, 0.3) is 0 Å². The van der Waals surface area contributed by atoms with Gasteiger partial charge >= 0.3 is 0 Å². The van der Waals surface area contributed by atoms with Gasteiger partial charge in [0, 0.05) is 32.7 Å². The Morgan fingerprint density at radius 2 is 2.20 bits per heavy atom. The predicted octanol–water partition coefficient (Wildman–Crippen LogP) is 3.11. The number of aliphatic imine (C=N–C) groups is 1. The Kier molecular flexibility index (Phi) is 10.5. The molecule has 6 heteroatoms. The van der Waals surface area contributed by atoms with Gasteiger partial charge in [0.15, 0.2) is 5.96 Å². The van der Waals surface area contributed by atoms with Crippen molar-refractivity contribution in [1.29, 1.82) is 5.26 Å². The van der Waals surface area contributed by atoms with Crippen molar-refractivity contribution in [3.05, 3.63) is 35.4 Å². The van der Waals surface area contributed by atoms with E-state index in [1.807, 2.05) is 24.3 Å². The number of benzene rings is 1. The maximum absolute atomic E-state index is 8.96. The maximum atomic E-state index is 8.96. The van der Waals surface area contributed by atoms with E-state index < -0.39 is 0 Å². The Morgan fingerprint density at radius 1 is 1.36 bits per heavy atom. The van der Waals surface area contributed by atoms with Gasteiger partial charge in [-0.15, -0.1) is 24.0 Å². The molecule has 0 bridgehead atoms. The SMILES string of the molecule is CCC1CCCCN1CCNC(=NC)NCc1cccc(C#N)c1.I. The van der Waals surface area contributed by atoms with E-state index in [0.29, 0.717) is 12.1 Å². The number of nitrogens with one attached hydrogen (secondary N) is 2. The van der Waals surface area contributed by atoms with Gasteiger partial charge in [0.2, 0.25) is 0 Å². The third-order valence-corrected chi connectivity index (χ3v) is 4.65. The minimum atomic E-state index is 0. The zero-order valence-electron chi connectivity index (χ0n) is 15.3. The summed E-state index contributed by atoms with van der Waals surface area (Å²) in [5.41, 5.74) is 1.77. The Balaban J connectivity index is 0.00000312. The molecule has 1 fully saturated rings. The molecular formula is C19H30IN5. The Morgan fingerprint density at radius 3 is 2.92 bits per heavy atom. The summed E-state index contributed by atoms with van der Waals surface area (Å²) in [6.45, 7) is 6.12. The second-order valence-corrected chi connectivity index (χ2v) is 6.26. The maximum Gasteiger partial charge on any atom is 0.191 e. The summed E-state index contributed by atoms with van der Waals surface area (Å²) < 4.78 is 0. The molecule has 0 aliphatic carbocycles. The zero-order valence-corrected chi connectivity index (χ0v) is 17.6. The number of hydrogen-bond acceptors (Lipinski definition) is 3. The van der Waals surface area contributed by atoms with Gasteiger partial charge in [-0.3, -0.25) is 9.89 Å². The van der Waals surface area contributed by atoms with Crippen LogP contribution in [0.2, 0.25) is 0 Å². The number of likely N-dealkylation sites (tertiary alicyclic amines) is 1. The summed E-state index contributed by atoms with van der Waals surface area (Å²) >= 11 is 0. The van der Waals surface area contributed by atoms with E-state index in [-0.39, 0.29) is 24.0 Å². The molecule has 138 valence electrons. The van der Waals surface area contributed by atoms with Crippen molar-refractivity contribution in [2.45, 2.75) is 45.2 Å². The summed E-state index contributed by atoms with van der Waals surface area (Å²) in [5.74, 6) is 0.808. The molecule has 1 heterocycles. The Hall–Kier alpha value is -1.33. The smallest absolute Gasteiger partial charge is 0.191 e. The van der Waals surface area contributed by atoms with Crippen LogP contribution >= 0.6 is 24.0 Å². The number of halogens is 1. The molecule has 1 aromatic carbocycles. The molecule has 25 heavy (non-hydrogen) atoms. The van der Waals surface area contributed by atoms with E-state index >= 15 is 0 Å². The van der Waals surface area contributed by atoms with Crippen LogP contribution in [0, 0.1) is 11.3 Å². The van der Waals surface area contributed by atoms with Gasteiger partial charge < -0.3 is 10.6 Å². The van der Waals surface area contributed by atoms with E-state index in [4.69, 9.17) is 5.26 Å². The van der Waals surface area contributed by atoms with Crippen molar-refractivity contribution in [2.75, 3.05) is 26.7 Å². The first-order valence-corrected chi connectivity index (χ1v) is 8.94. The predicted molar refractivity (Wildman–Crippen MR) is 114 cm³/mol. The van der Waals surface area contributed by atoms with Crippen molar-refractivity contribution >= 4 is 29.9 Å². The van der Waals surface area contributed by atoms with Crippen molar-refractivity contribution in [2.24, 2.45) is 4.99 Å². The molecule has 1 atom stereocenters. The fourth-order valence-corrected chi connectivity index (χ4v) is 3.29. The monoisotopic (exact) mass is 455 g/mol. The van der Waals surface area contributed by atoms with E-state index in [1.54, 1.807) is 7.05 Å². The summed E-state index contributed by atoms with van der Waals surface area (Å²) in [7, 11) is 1.79. The second-order valence-electron chi connectivity index (χ2n) is 6.26. The standard InChI is InChI=1S/C19H29N5.HI/c1-3-18-9-4-5-11-24(18)12-10-22-19(21-2)23-15-17-8-6-7-16(13-17)14-20;/h6-8,13,18H,3-5,9-12,15H2,1-2H3,(H2,21,22,23);1H. The summed E-state index contributed by atoms with van der Waals surface area (Å²) in [5, 5.41) is 15.7. The molecule has 0 spiro atoms. The average molecular weight is 455 g/mol. The molecule has 0 saturated carbocycles. The van der Waals surface area contributed by atoms with Crippen LogP contribution in [0.1, 0.15) is 43.7 Å². The van der Waals surface area contributed by atoms with Crippen LogP contribution < -0.4 is 10.6 Å². The molecular weight excluding hydrogens is 425 g/mol. The van der Waals surface area contributed by atoms with Crippen LogP contribution in [-0.2, 0) is 6.54 Å². The highest BCUT2D eigenvalue weighted by Crippen LogP contribution is 2.18. The lowest BCUT2D eigenvalue weighted by Crippen LogP contribution is -2.45. The number of hydrogen-bond donors (Lipinski definition) is 2. The molecule has 0 radical (unpaired) electrons. The van der Waals surface area contributed by atoms with Crippen LogP contribution in [-0.4, -0.2) is 43.6 Å². The molecule has 0 amide bonds. The summed E-state index contributed by atoms with van der Waals surface area (Å²) in [6.07, 6.45) is 5.26. The molecule has 1 aliphatic heterocycles. The quantitative estimate of drug-likeness (QED) is 0.393. The molecule has 5 nitrogen and oxygen atoms in total. The van der Waals surface area contributed by atoms with E-state index in [2.05, 4.69) is 33.5 Å². The highest BCUT2D eigenvalue weighted by atomic mass is 127. The largest absolute Gasteiger partial charge is 0.355 e. The second kappa shape index (κ2) is 12.1. The number of nitriles is 1. The number of nitrogens with zero attached hydrogens (tertiary/aromatic N) is 3. The van der Waals surface area contributed by atoms with Crippen molar-refractivity contribution in [1.82, 2.24) is 15.5 Å². The lowest BCUT2D eigenvalue weighted by molar-refractivity contribution is 0.147. The Labute approximate surface area is 168 Å². The van der Waals surface area contributed by atoms with E-state index in [1.165, 1.54) is 32.2 Å². The summed E-state index contributed by atoms with van der Waals surface area (Å²) in [6, 6.07) is 10.6. The van der Waals surface area contributed by atoms with Crippen molar-refractivity contribution in [3.63, 3.8) is 0 Å². The zero-order chi connectivity index (χ0) is 17.2. The lowest BCUT2D eigenvalue weighted by atomic mass is 10.0. The summed E-state index contributed by atoms with van der Waals surface area (Å²) in [4.78, 5) is 6.88. The third-order valence-electron chi connectivity index (χ3n) is 4.65.